The van der Waals surface area contributed by atoms with Gasteiger partial charge in [0.05, 0.1) is 0 Å². The molecule has 1 aliphatic rings. The van der Waals surface area contributed by atoms with Crippen LogP contribution in [0.2, 0.25) is 0 Å². The molecule has 0 aliphatic heterocycles. The second-order valence-corrected chi connectivity index (χ2v) is 4.95. The number of carboxylic acid groups (broad SMARTS) is 1. The number of rotatable bonds is 5. The van der Waals surface area contributed by atoms with Gasteiger partial charge in [0.25, 0.3) is 0 Å². The number of carbonyl (C=O) groups is 2. The van der Waals surface area contributed by atoms with Crippen molar-refractivity contribution in [3.63, 3.8) is 0 Å². The Morgan fingerprint density at radius 2 is 2.05 bits per heavy atom. The van der Waals surface area contributed by atoms with E-state index in [1.165, 1.54) is 18.2 Å². The van der Waals surface area contributed by atoms with Gasteiger partial charge in [0, 0.05) is 17.6 Å². The van der Waals surface area contributed by atoms with Gasteiger partial charge in [-0.1, -0.05) is 0 Å². The molecule has 1 fully saturated rings. The first kappa shape index (κ1) is 13.4. The molecule has 19 heavy (non-hydrogen) atoms. The van der Waals surface area contributed by atoms with Crippen molar-refractivity contribution in [1.29, 1.82) is 0 Å². The zero-order valence-corrected chi connectivity index (χ0v) is 10.3. The van der Waals surface area contributed by atoms with Crippen molar-refractivity contribution in [2.45, 2.75) is 31.2 Å². The van der Waals surface area contributed by atoms with E-state index in [-0.39, 0.29) is 22.8 Å². The molecule has 0 unspecified atom stereocenters. The molecule has 6 nitrogen and oxygen atoms in total. The van der Waals surface area contributed by atoms with Gasteiger partial charge < -0.3 is 21.3 Å². The lowest BCUT2D eigenvalue weighted by atomic mass is 10.1. The van der Waals surface area contributed by atoms with Crippen LogP contribution in [0.15, 0.2) is 18.2 Å². The Kier molecular flexibility index (Phi) is 3.44. The molecule has 1 amide bonds. The van der Waals surface area contributed by atoms with Crippen LogP contribution in [-0.2, 0) is 4.79 Å². The van der Waals surface area contributed by atoms with E-state index in [1.54, 1.807) is 0 Å². The number of carbonyl (C=O) groups excluding carboxylic acids is 1. The molecule has 6 heteroatoms. The quantitative estimate of drug-likeness (QED) is 0.599. The van der Waals surface area contributed by atoms with Gasteiger partial charge in [-0.25, -0.2) is 4.79 Å². The fourth-order valence-electron chi connectivity index (χ4n) is 1.78. The van der Waals surface area contributed by atoms with E-state index in [4.69, 9.17) is 10.8 Å². The molecule has 5 N–H and O–H groups in total. The monoisotopic (exact) mass is 264 g/mol. The zero-order chi connectivity index (χ0) is 14.0. The Morgan fingerprint density at radius 1 is 1.37 bits per heavy atom. The fraction of sp³-hybridized carbons (Fsp3) is 0.385. The summed E-state index contributed by atoms with van der Waals surface area (Å²) in [5.74, 6) is -1.78. The average Bonchev–Trinajstić information content (AvgIpc) is 3.08. The summed E-state index contributed by atoms with van der Waals surface area (Å²) in [7, 11) is 0. The molecule has 1 aliphatic carbocycles. The molecule has 102 valence electrons. The normalized spacial score (nSPS) is 15.8. The maximum atomic E-state index is 11.7. The smallest absolute Gasteiger partial charge is 0.339 e. The van der Waals surface area contributed by atoms with Crippen molar-refractivity contribution >= 4 is 17.6 Å². The molecule has 0 saturated heterocycles. The van der Waals surface area contributed by atoms with Gasteiger partial charge in [-0.3, -0.25) is 4.79 Å². The van der Waals surface area contributed by atoms with Crippen molar-refractivity contribution in [2.75, 3.05) is 5.32 Å². The number of hydrogen-bond donors (Lipinski definition) is 4. The Bertz CT molecular complexity index is 523. The third kappa shape index (κ3) is 3.45. The van der Waals surface area contributed by atoms with Crippen molar-refractivity contribution in [3.05, 3.63) is 23.8 Å². The molecule has 0 bridgehead atoms. The van der Waals surface area contributed by atoms with Crippen LogP contribution in [0.1, 0.15) is 36.0 Å². The van der Waals surface area contributed by atoms with E-state index in [9.17, 15) is 14.7 Å². The molecule has 2 rings (SSSR count). The molecule has 0 atom stereocenters. The minimum Gasteiger partial charge on any atom is -0.507 e. The highest BCUT2D eigenvalue weighted by molar-refractivity contribution is 5.95. The van der Waals surface area contributed by atoms with Crippen LogP contribution in [0, 0.1) is 0 Å². The first-order valence-electron chi connectivity index (χ1n) is 6.05. The van der Waals surface area contributed by atoms with Crippen molar-refractivity contribution < 1.29 is 19.8 Å². The fourth-order valence-corrected chi connectivity index (χ4v) is 1.78. The van der Waals surface area contributed by atoms with Crippen molar-refractivity contribution in [2.24, 2.45) is 5.73 Å². The number of amides is 1. The summed E-state index contributed by atoms with van der Waals surface area (Å²) in [4.78, 5) is 22.5. The summed E-state index contributed by atoms with van der Waals surface area (Å²) >= 11 is 0. The van der Waals surface area contributed by atoms with E-state index in [2.05, 4.69) is 5.32 Å². The Labute approximate surface area is 110 Å². The predicted molar refractivity (Wildman–Crippen MR) is 69.1 cm³/mol. The molecular weight excluding hydrogens is 248 g/mol. The van der Waals surface area contributed by atoms with Gasteiger partial charge in [-0.05, 0) is 37.5 Å². The largest absolute Gasteiger partial charge is 0.507 e. The number of nitrogens with two attached hydrogens (primary N) is 1. The Hall–Kier alpha value is -2.08. The molecule has 1 aromatic carbocycles. The number of hydrogen-bond acceptors (Lipinski definition) is 4. The summed E-state index contributed by atoms with van der Waals surface area (Å²) < 4.78 is 0. The van der Waals surface area contributed by atoms with E-state index in [0.29, 0.717) is 18.5 Å². The number of phenols is 1. The summed E-state index contributed by atoms with van der Waals surface area (Å²) in [6.07, 6.45) is 2.83. The lowest BCUT2D eigenvalue weighted by molar-refractivity contribution is -0.116. The third-order valence-electron chi connectivity index (χ3n) is 3.25. The summed E-state index contributed by atoms with van der Waals surface area (Å²) in [6, 6.07) is 3.92. The molecule has 0 radical (unpaired) electrons. The molecular formula is C13H16N2O4. The molecule has 1 saturated carbocycles. The van der Waals surface area contributed by atoms with Gasteiger partial charge in [0.15, 0.2) is 0 Å². The maximum absolute atomic E-state index is 11.7. The van der Waals surface area contributed by atoms with Crippen LogP contribution in [0.4, 0.5) is 5.69 Å². The van der Waals surface area contributed by atoms with Crippen LogP contribution >= 0.6 is 0 Å². The molecule has 0 heterocycles. The van der Waals surface area contributed by atoms with Gasteiger partial charge in [0.1, 0.15) is 11.3 Å². The number of benzene rings is 1. The highest BCUT2D eigenvalue weighted by Gasteiger charge is 2.37. The van der Waals surface area contributed by atoms with E-state index >= 15 is 0 Å². The van der Waals surface area contributed by atoms with Gasteiger partial charge in [-0.15, -0.1) is 0 Å². The maximum Gasteiger partial charge on any atom is 0.339 e. The van der Waals surface area contributed by atoms with Gasteiger partial charge >= 0.3 is 5.97 Å². The van der Waals surface area contributed by atoms with E-state index < -0.39 is 5.97 Å². The molecule has 0 spiro atoms. The SMILES string of the molecule is NC1(CCC(=O)Nc2ccc(O)c(C(=O)O)c2)CC1. The van der Waals surface area contributed by atoms with Crippen LogP contribution in [0.5, 0.6) is 5.75 Å². The van der Waals surface area contributed by atoms with Crippen LogP contribution in [0.25, 0.3) is 0 Å². The van der Waals surface area contributed by atoms with Crippen LogP contribution in [-0.4, -0.2) is 27.6 Å². The first-order chi connectivity index (χ1) is 8.89. The lowest BCUT2D eigenvalue weighted by Gasteiger charge is -2.09. The van der Waals surface area contributed by atoms with Crippen LogP contribution < -0.4 is 11.1 Å². The van der Waals surface area contributed by atoms with Gasteiger partial charge in [-0.2, -0.15) is 0 Å². The topological polar surface area (TPSA) is 113 Å². The van der Waals surface area contributed by atoms with E-state index in [0.717, 1.165) is 12.8 Å². The second kappa shape index (κ2) is 4.89. The summed E-state index contributed by atoms with van der Waals surface area (Å²) in [5, 5.41) is 20.8. The standard InChI is InChI=1S/C13H16N2O4/c14-13(5-6-13)4-3-11(17)15-8-1-2-10(16)9(7-8)12(18)19/h1-2,7,16H,3-6,14H2,(H,15,17)(H,18,19). The summed E-state index contributed by atoms with van der Waals surface area (Å²) in [6.45, 7) is 0. The molecule has 0 aromatic heterocycles. The average molecular weight is 264 g/mol. The number of anilines is 1. The number of carboxylic acids is 1. The number of nitrogens with one attached hydrogen (secondary N) is 1. The van der Waals surface area contributed by atoms with Crippen molar-refractivity contribution in [1.82, 2.24) is 0 Å². The lowest BCUT2D eigenvalue weighted by Crippen LogP contribution is -2.24. The zero-order valence-electron chi connectivity index (χ0n) is 10.3. The minimum absolute atomic E-state index is 0.182. The highest BCUT2D eigenvalue weighted by Crippen LogP contribution is 2.36. The van der Waals surface area contributed by atoms with E-state index in [1.807, 2.05) is 0 Å². The molecule has 1 aromatic rings. The third-order valence-corrected chi connectivity index (χ3v) is 3.25. The first-order valence-corrected chi connectivity index (χ1v) is 6.05. The number of aromatic carboxylic acids is 1. The highest BCUT2D eigenvalue weighted by atomic mass is 16.4. The number of aromatic hydroxyl groups is 1. The van der Waals surface area contributed by atoms with Crippen LogP contribution in [0.3, 0.4) is 0 Å². The Morgan fingerprint density at radius 3 is 2.63 bits per heavy atom. The summed E-state index contributed by atoms with van der Waals surface area (Å²) in [5.41, 5.74) is 5.81. The predicted octanol–water partition coefficient (Wildman–Crippen LogP) is 1.30. The van der Waals surface area contributed by atoms with Crippen molar-refractivity contribution in [3.8, 4) is 5.75 Å². The van der Waals surface area contributed by atoms with Gasteiger partial charge in [0.2, 0.25) is 5.91 Å². The second-order valence-electron chi connectivity index (χ2n) is 4.95. The minimum atomic E-state index is -1.24. The Balaban J connectivity index is 1.96.